The van der Waals surface area contributed by atoms with E-state index in [4.69, 9.17) is 9.73 Å². The second-order valence-electron chi connectivity index (χ2n) is 8.69. The monoisotopic (exact) mass is 427 g/mol. The molecule has 1 saturated heterocycles. The van der Waals surface area contributed by atoms with Crippen LogP contribution in [-0.2, 0) is 18.3 Å². The van der Waals surface area contributed by atoms with Crippen molar-refractivity contribution in [2.45, 2.75) is 46.4 Å². The van der Waals surface area contributed by atoms with Gasteiger partial charge in [-0.15, -0.1) is 10.2 Å². The van der Waals surface area contributed by atoms with Gasteiger partial charge in [0.15, 0.2) is 11.8 Å². The number of hydrogen-bond acceptors (Lipinski definition) is 5. The Balaban J connectivity index is 1.64. The van der Waals surface area contributed by atoms with Crippen molar-refractivity contribution in [2.24, 2.45) is 18.0 Å². The van der Waals surface area contributed by atoms with Gasteiger partial charge >= 0.3 is 0 Å². The van der Waals surface area contributed by atoms with E-state index in [1.54, 1.807) is 0 Å². The van der Waals surface area contributed by atoms with Crippen molar-refractivity contribution in [3.63, 3.8) is 0 Å². The van der Waals surface area contributed by atoms with Crippen LogP contribution in [0, 0.1) is 12.8 Å². The van der Waals surface area contributed by atoms with Crippen molar-refractivity contribution in [1.82, 2.24) is 30.3 Å². The number of hydrogen-bond donors (Lipinski definition) is 2. The molecule has 1 aromatic carbocycles. The lowest BCUT2D eigenvalue weighted by molar-refractivity contribution is -0.0284. The number of aryl methyl sites for hydroxylation is 1. The SMILES string of the molecule is Cc1nnc(CN=C(NCC2CN(CC(C)C)CCO2)NC(C)c2ccccc2)n1C. The van der Waals surface area contributed by atoms with E-state index in [0.29, 0.717) is 19.0 Å². The molecule has 2 unspecified atom stereocenters. The molecular weight excluding hydrogens is 390 g/mol. The first-order valence-electron chi connectivity index (χ1n) is 11.2. The predicted molar refractivity (Wildman–Crippen MR) is 124 cm³/mol. The minimum Gasteiger partial charge on any atom is -0.374 e. The molecule has 2 atom stereocenters. The number of aliphatic imine (C=N–C) groups is 1. The number of nitrogens with one attached hydrogen (secondary N) is 2. The molecule has 3 rings (SSSR count). The zero-order valence-corrected chi connectivity index (χ0v) is 19.5. The standard InChI is InChI=1S/C23H37N7O/c1-17(2)15-30-11-12-31-21(16-30)13-24-23(25-14-22-28-27-19(4)29(22)5)26-18(3)20-9-7-6-8-10-20/h6-10,17-18,21H,11-16H2,1-5H3,(H2,24,25,26). The van der Waals surface area contributed by atoms with E-state index in [-0.39, 0.29) is 12.1 Å². The number of morpholine rings is 1. The Morgan fingerprint density at radius 3 is 2.68 bits per heavy atom. The van der Waals surface area contributed by atoms with Crippen LogP contribution in [0.4, 0.5) is 0 Å². The molecule has 2 heterocycles. The van der Waals surface area contributed by atoms with Crippen molar-refractivity contribution >= 4 is 5.96 Å². The smallest absolute Gasteiger partial charge is 0.192 e. The molecule has 2 aromatic rings. The van der Waals surface area contributed by atoms with Gasteiger partial charge in [0.05, 0.1) is 18.8 Å². The van der Waals surface area contributed by atoms with E-state index in [1.165, 1.54) is 5.56 Å². The van der Waals surface area contributed by atoms with E-state index in [9.17, 15) is 0 Å². The molecule has 8 heteroatoms. The Hall–Kier alpha value is -2.45. The van der Waals surface area contributed by atoms with Gasteiger partial charge in [0, 0.05) is 33.2 Å². The molecule has 1 fully saturated rings. The lowest BCUT2D eigenvalue weighted by Gasteiger charge is -2.34. The highest BCUT2D eigenvalue weighted by molar-refractivity contribution is 5.80. The average molecular weight is 428 g/mol. The molecule has 1 aliphatic heterocycles. The molecule has 170 valence electrons. The summed E-state index contributed by atoms with van der Waals surface area (Å²) in [4.78, 5) is 7.27. The highest BCUT2D eigenvalue weighted by Crippen LogP contribution is 2.11. The number of nitrogens with zero attached hydrogens (tertiary/aromatic N) is 5. The average Bonchev–Trinajstić information content (AvgIpc) is 3.08. The first kappa shape index (κ1) is 23.2. The van der Waals surface area contributed by atoms with Crippen LogP contribution in [0.3, 0.4) is 0 Å². The van der Waals surface area contributed by atoms with E-state index >= 15 is 0 Å². The first-order chi connectivity index (χ1) is 14.9. The molecule has 0 spiro atoms. The summed E-state index contributed by atoms with van der Waals surface area (Å²) in [5.41, 5.74) is 1.21. The van der Waals surface area contributed by atoms with Crippen molar-refractivity contribution in [2.75, 3.05) is 32.8 Å². The first-order valence-corrected chi connectivity index (χ1v) is 11.2. The highest BCUT2D eigenvalue weighted by Gasteiger charge is 2.21. The fourth-order valence-electron chi connectivity index (χ4n) is 3.72. The second kappa shape index (κ2) is 11.2. The summed E-state index contributed by atoms with van der Waals surface area (Å²) in [5, 5.41) is 15.4. The molecule has 31 heavy (non-hydrogen) atoms. The molecule has 0 saturated carbocycles. The van der Waals surface area contributed by atoms with Crippen LogP contribution in [-0.4, -0.2) is 64.5 Å². The van der Waals surface area contributed by atoms with Crippen molar-refractivity contribution in [3.05, 3.63) is 47.5 Å². The van der Waals surface area contributed by atoms with Crippen LogP contribution >= 0.6 is 0 Å². The van der Waals surface area contributed by atoms with Crippen LogP contribution in [0.5, 0.6) is 0 Å². The van der Waals surface area contributed by atoms with Gasteiger partial charge in [-0.1, -0.05) is 44.2 Å². The lowest BCUT2D eigenvalue weighted by atomic mass is 10.1. The molecular formula is C23H37N7O. The summed E-state index contributed by atoms with van der Waals surface area (Å²) < 4.78 is 7.97. The van der Waals surface area contributed by atoms with Crippen molar-refractivity contribution in [1.29, 1.82) is 0 Å². The number of ether oxygens (including phenoxy) is 1. The normalized spacial score (nSPS) is 18.9. The Kier molecular flexibility index (Phi) is 8.43. The van der Waals surface area contributed by atoms with E-state index in [1.807, 2.05) is 24.6 Å². The fraction of sp³-hybridized carbons (Fsp3) is 0.609. The Morgan fingerprint density at radius 1 is 1.23 bits per heavy atom. The number of aromatic nitrogens is 3. The summed E-state index contributed by atoms with van der Waals surface area (Å²) in [6, 6.07) is 10.5. The molecule has 1 aromatic heterocycles. The third kappa shape index (κ3) is 7.04. The van der Waals surface area contributed by atoms with Gasteiger partial charge in [-0.25, -0.2) is 4.99 Å². The van der Waals surface area contributed by atoms with Crippen LogP contribution < -0.4 is 10.6 Å². The lowest BCUT2D eigenvalue weighted by Crippen LogP contribution is -2.50. The van der Waals surface area contributed by atoms with Gasteiger partial charge in [-0.2, -0.15) is 0 Å². The quantitative estimate of drug-likeness (QED) is 0.497. The van der Waals surface area contributed by atoms with E-state index in [0.717, 1.165) is 43.8 Å². The van der Waals surface area contributed by atoms with Gasteiger partial charge in [0.1, 0.15) is 12.4 Å². The summed E-state index contributed by atoms with van der Waals surface area (Å²) in [5.74, 6) is 3.13. The molecule has 0 bridgehead atoms. The van der Waals surface area contributed by atoms with E-state index < -0.39 is 0 Å². The number of benzene rings is 1. The summed E-state index contributed by atoms with van der Waals surface area (Å²) in [6.45, 7) is 13.6. The maximum Gasteiger partial charge on any atom is 0.192 e. The van der Waals surface area contributed by atoms with Crippen molar-refractivity contribution in [3.8, 4) is 0 Å². The van der Waals surface area contributed by atoms with Gasteiger partial charge < -0.3 is 19.9 Å². The third-order valence-corrected chi connectivity index (χ3v) is 5.56. The van der Waals surface area contributed by atoms with Crippen LogP contribution in [0.1, 0.15) is 44.0 Å². The molecule has 8 nitrogen and oxygen atoms in total. The number of guanidine groups is 1. The maximum atomic E-state index is 6.00. The van der Waals surface area contributed by atoms with Gasteiger partial charge in [0.25, 0.3) is 0 Å². The Morgan fingerprint density at radius 2 is 2.00 bits per heavy atom. The number of rotatable bonds is 8. The van der Waals surface area contributed by atoms with E-state index in [2.05, 4.69) is 70.8 Å². The zero-order chi connectivity index (χ0) is 22.2. The predicted octanol–water partition coefficient (Wildman–Crippen LogP) is 2.28. The molecule has 0 radical (unpaired) electrons. The van der Waals surface area contributed by atoms with Crippen LogP contribution in [0.25, 0.3) is 0 Å². The van der Waals surface area contributed by atoms with Gasteiger partial charge in [-0.05, 0) is 25.3 Å². The topological polar surface area (TPSA) is 79.6 Å². The summed E-state index contributed by atoms with van der Waals surface area (Å²) >= 11 is 0. The van der Waals surface area contributed by atoms with Gasteiger partial charge in [0.2, 0.25) is 0 Å². The molecule has 0 amide bonds. The molecule has 1 aliphatic rings. The third-order valence-electron chi connectivity index (χ3n) is 5.56. The largest absolute Gasteiger partial charge is 0.374 e. The van der Waals surface area contributed by atoms with Crippen molar-refractivity contribution < 1.29 is 4.74 Å². The second-order valence-corrected chi connectivity index (χ2v) is 8.69. The minimum atomic E-state index is 0.124. The summed E-state index contributed by atoms with van der Waals surface area (Å²) in [7, 11) is 1.96. The minimum absolute atomic E-state index is 0.124. The zero-order valence-electron chi connectivity index (χ0n) is 19.5. The summed E-state index contributed by atoms with van der Waals surface area (Å²) in [6.07, 6.45) is 0.142. The van der Waals surface area contributed by atoms with Crippen LogP contribution in [0.15, 0.2) is 35.3 Å². The molecule has 2 N–H and O–H groups in total. The maximum absolute atomic E-state index is 6.00. The Labute approximate surface area is 186 Å². The Bertz CT molecular complexity index is 834. The fourth-order valence-corrected chi connectivity index (χ4v) is 3.72. The van der Waals surface area contributed by atoms with Crippen LogP contribution in [0.2, 0.25) is 0 Å². The highest BCUT2D eigenvalue weighted by atomic mass is 16.5. The molecule has 0 aliphatic carbocycles. The van der Waals surface area contributed by atoms with Gasteiger partial charge in [-0.3, -0.25) is 4.90 Å².